The molecule has 0 atom stereocenters. The third kappa shape index (κ3) is 2.75. The lowest BCUT2D eigenvalue weighted by atomic mass is 9.97. The summed E-state index contributed by atoms with van der Waals surface area (Å²) in [6.45, 7) is 5.00. The number of hydrogen-bond acceptors (Lipinski definition) is 1. The van der Waals surface area contributed by atoms with Crippen LogP contribution in [0, 0.1) is 13.8 Å². The van der Waals surface area contributed by atoms with Gasteiger partial charge in [0, 0.05) is 0 Å². The van der Waals surface area contributed by atoms with E-state index in [2.05, 4.69) is 56.3 Å². The molecular weight excluding hydrogens is 206 g/mol. The van der Waals surface area contributed by atoms with E-state index in [-0.39, 0.29) is 0 Å². The maximum absolute atomic E-state index is 5.55. The van der Waals surface area contributed by atoms with Gasteiger partial charge in [0.25, 0.3) is 0 Å². The fraction of sp³-hybridized carbons (Fsp3) is 0.250. The third-order valence-electron chi connectivity index (χ3n) is 3.09. The molecule has 0 fully saturated rings. The molecule has 0 unspecified atom stereocenters. The van der Waals surface area contributed by atoms with E-state index < -0.39 is 0 Å². The van der Waals surface area contributed by atoms with Crippen molar-refractivity contribution in [1.82, 2.24) is 0 Å². The van der Waals surface area contributed by atoms with Gasteiger partial charge in [0.05, 0.1) is 0 Å². The zero-order chi connectivity index (χ0) is 12.3. The van der Waals surface area contributed by atoms with Crippen LogP contribution in [0.2, 0.25) is 0 Å². The van der Waals surface area contributed by atoms with Gasteiger partial charge in [-0.05, 0) is 49.1 Å². The normalized spacial score (nSPS) is 10.5. The first-order valence-corrected chi connectivity index (χ1v) is 6.07. The van der Waals surface area contributed by atoms with Crippen LogP contribution >= 0.6 is 0 Å². The molecular formula is C16H19N. The quantitative estimate of drug-likeness (QED) is 0.850. The molecule has 0 aliphatic rings. The molecule has 2 aromatic carbocycles. The zero-order valence-electron chi connectivity index (χ0n) is 10.5. The van der Waals surface area contributed by atoms with Gasteiger partial charge < -0.3 is 5.73 Å². The smallest absolute Gasteiger partial charge is 0.00367 e. The van der Waals surface area contributed by atoms with E-state index >= 15 is 0 Å². The molecule has 1 nitrogen and oxygen atoms in total. The Morgan fingerprint density at radius 1 is 0.941 bits per heavy atom. The topological polar surface area (TPSA) is 26.0 Å². The predicted octanol–water partition coefficient (Wildman–Crippen LogP) is 3.47. The monoisotopic (exact) mass is 225 g/mol. The highest BCUT2D eigenvalue weighted by Crippen LogP contribution is 2.24. The van der Waals surface area contributed by atoms with E-state index in [9.17, 15) is 0 Å². The molecule has 0 spiro atoms. The first-order valence-electron chi connectivity index (χ1n) is 6.07. The van der Waals surface area contributed by atoms with Crippen LogP contribution in [-0.4, -0.2) is 6.54 Å². The van der Waals surface area contributed by atoms with Crippen molar-refractivity contribution >= 4 is 0 Å². The molecule has 2 rings (SSSR count). The van der Waals surface area contributed by atoms with Crippen molar-refractivity contribution in [2.75, 3.05) is 6.54 Å². The van der Waals surface area contributed by atoms with Crippen molar-refractivity contribution in [2.45, 2.75) is 20.3 Å². The van der Waals surface area contributed by atoms with Gasteiger partial charge in [-0.3, -0.25) is 0 Å². The molecule has 2 N–H and O–H groups in total. The number of aryl methyl sites for hydroxylation is 2. The van der Waals surface area contributed by atoms with Gasteiger partial charge in [0.1, 0.15) is 0 Å². The van der Waals surface area contributed by atoms with Crippen LogP contribution in [0.4, 0.5) is 0 Å². The van der Waals surface area contributed by atoms with Crippen molar-refractivity contribution in [3.8, 4) is 11.1 Å². The van der Waals surface area contributed by atoms with Crippen molar-refractivity contribution in [3.63, 3.8) is 0 Å². The minimum atomic E-state index is 0.711. The van der Waals surface area contributed by atoms with Crippen LogP contribution in [0.5, 0.6) is 0 Å². The molecule has 0 amide bonds. The second kappa shape index (κ2) is 5.15. The predicted molar refractivity (Wildman–Crippen MR) is 74.1 cm³/mol. The average molecular weight is 225 g/mol. The van der Waals surface area contributed by atoms with Crippen molar-refractivity contribution in [1.29, 1.82) is 0 Å². The Balaban J connectivity index is 2.36. The van der Waals surface area contributed by atoms with E-state index in [1.165, 1.54) is 27.8 Å². The Labute approximate surface area is 103 Å². The molecule has 0 radical (unpaired) electrons. The van der Waals surface area contributed by atoms with E-state index in [1.54, 1.807) is 0 Å². The lowest BCUT2D eigenvalue weighted by molar-refractivity contribution is 0.969. The number of benzene rings is 2. The lowest BCUT2D eigenvalue weighted by Crippen LogP contribution is -2.02. The van der Waals surface area contributed by atoms with E-state index in [4.69, 9.17) is 5.73 Å². The second-order valence-electron chi connectivity index (χ2n) is 4.55. The molecule has 0 bridgehead atoms. The Hall–Kier alpha value is -1.60. The van der Waals surface area contributed by atoms with Gasteiger partial charge in [-0.15, -0.1) is 0 Å². The fourth-order valence-corrected chi connectivity index (χ4v) is 2.06. The molecule has 17 heavy (non-hydrogen) atoms. The van der Waals surface area contributed by atoms with Crippen molar-refractivity contribution in [2.24, 2.45) is 5.73 Å². The minimum absolute atomic E-state index is 0.711. The Morgan fingerprint density at radius 2 is 1.65 bits per heavy atom. The van der Waals surface area contributed by atoms with Crippen LogP contribution in [0.1, 0.15) is 16.7 Å². The maximum atomic E-state index is 5.55. The molecule has 0 aliphatic carbocycles. The summed E-state index contributed by atoms with van der Waals surface area (Å²) in [7, 11) is 0. The van der Waals surface area contributed by atoms with Crippen molar-refractivity contribution < 1.29 is 0 Å². The molecule has 2 aromatic rings. The molecule has 0 heterocycles. The first kappa shape index (κ1) is 11.9. The fourth-order valence-electron chi connectivity index (χ4n) is 2.06. The first-order chi connectivity index (χ1) is 8.20. The Morgan fingerprint density at radius 3 is 2.29 bits per heavy atom. The summed E-state index contributed by atoms with van der Waals surface area (Å²) in [4.78, 5) is 0. The highest BCUT2D eigenvalue weighted by Gasteiger charge is 2.02. The standard InChI is InChI=1S/C16H19N/c1-12-3-4-13(2)16(11-12)15-7-5-14(6-8-15)9-10-17/h3-8,11H,9-10,17H2,1-2H3. The second-order valence-corrected chi connectivity index (χ2v) is 4.55. The van der Waals surface area contributed by atoms with E-state index in [1.807, 2.05) is 0 Å². The highest BCUT2D eigenvalue weighted by molar-refractivity contribution is 5.68. The van der Waals surface area contributed by atoms with E-state index in [0.29, 0.717) is 6.54 Å². The largest absolute Gasteiger partial charge is 0.330 e. The summed E-state index contributed by atoms with van der Waals surface area (Å²) in [6, 6.07) is 15.3. The molecule has 0 saturated heterocycles. The summed E-state index contributed by atoms with van der Waals surface area (Å²) in [6.07, 6.45) is 0.951. The van der Waals surface area contributed by atoms with Crippen LogP contribution in [0.3, 0.4) is 0 Å². The summed E-state index contributed by atoms with van der Waals surface area (Å²) in [5, 5.41) is 0. The van der Waals surface area contributed by atoms with Crippen LogP contribution in [0.25, 0.3) is 11.1 Å². The summed E-state index contributed by atoms with van der Waals surface area (Å²) < 4.78 is 0. The van der Waals surface area contributed by atoms with Gasteiger partial charge in [-0.1, -0.05) is 48.0 Å². The van der Waals surface area contributed by atoms with E-state index in [0.717, 1.165) is 6.42 Å². The number of nitrogens with two attached hydrogens (primary N) is 1. The molecule has 1 heteroatoms. The van der Waals surface area contributed by atoms with Gasteiger partial charge in [0.2, 0.25) is 0 Å². The van der Waals surface area contributed by atoms with Gasteiger partial charge in [-0.25, -0.2) is 0 Å². The summed E-state index contributed by atoms with van der Waals surface area (Å²) in [5.41, 5.74) is 12.1. The molecule has 0 aromatic heterocycles. The maximum Gasteiger partial charge on any atom is -0.00367 e. The molecule has 0 aliphatic heterocycles. The zero-order valence-corrected chi connectivity index (χ0v) is 10.5. The number of hydrogen-bond donors (Lipinski definition) is 1. The van der Waals surface area contributed by atoms with Crippen LogP contribution in [0.15, 0.2) is 42.5 Å². The number of rotatable bonds is 3. The molecule has 88 valence electrons. The molecule has 0 saturated carbocycles. The SMILES string of the molecule is Cc1ccc(C)c(-c2ccc(CCN)cc2)c1. The third-order valence-corrected chi connectivity index (χ3v) is 3.09. The highest BCUT2D eigenvalue weighted by atomic mass is 14.5. The van der Waals surface area contributed by atoms with Crippen LogP contribution < -0.4 is 5.73 Å². The van der Waals surface area contributed by atoms with Gasteiger partial charge in [0.15, 0.2) is 0 Å². The van der Waals surface area contributed by atoms with Crippen LogP contribution in [-0.2, 0) is 6.42 Å². The summed E-state index contributed by atoms with van der Waals surface area (Å²) >= 11 is 0. The van der Waals surface area contributed by atoms with Gasteiger partial charge >= 0.3 is 0 Å². The van der Waals surface area contributed by atoms with Gasteiger partial charge in [-0.2, -0.15) is 0 Å². The Kier molecular flexibility index (Phi) is 3.60. The lowest BCUT2D eigenvalue weighted by Gasteiger charge is -2.08. The Bertz CT molecular complexity index is 497. The average Bonchev–Trinajstić information content (AvgIpc) is 2.34. The van der Waals surface area contributed by atoms with Crippen molar-refractivity contribution in [3.05, 3.63) is 59.2 Å². The minimum Gasteiger partial charge on any atom is -0.330 e. The summed E-state index contributed by atoms with van der Waals surface area (Å²) in [5.74, 6) is 0.